The van der Waals surface area contributed by atoms with Gasteiger partial charge in [-0.15, -0.1) is 0 Å². The highest BCUT2D eigenvalue weighted by molar-refractivity contribution is 7.89. The van der Waals surface area contributed by atoms with E-state index in [2.05, 4.69) is 26.1 Å². The predicted molar refractivity (Wildman–Crippen MR) is 122 cm³/mol. The Morgan fingerprint density at radius 1 is 1.03 bits per heavy atom. The number of nitro groups is 1. The van der Waals surface area contributed by atoms with Gasteiger partial charge in [0.05, 0.1) is 11.5 Å². The molecule has 1 amide bonds. The molecule has 1 saturated heterocycles. The van der Waals surface area contributed by atoms with Crippen LogP contribution in [0.2, 0.25) is 0 Å². The molecule has 2 aromatic rings. The molecule has 0 radical (unpaired) electrons. The van der Waals surface area contributed by atoms with E-state index in [0.29, 0.717) is 18.8 Å². The molecule has 1 aliphatic rings. The molecule has 2 aromatic carbocycles. The van der Waals surface area contributed by atoms with Crippen molar-refractivity contribution in [3.05, 3.63) is 64.2 Å². The van der Waals surface area contributed by atoms with Crippen molar-refractivity contribution < 1.29 is 18.1 Å². The van der Waals surface area contributed by atoms with E-state index in [1.54, 1.807) is 0 Å². The molecular formula is C22H28N4O5S. The number of benzene rings is 2. The Balaban J connectivity index is 1.57. The third-order valence-electron chi connectivity index (χ3n) is 5.41. The van der Waals surface area contributed by atoms with Gasteiger partial charge in [-0.1, -0.05) is 45.0 Å². The number of nitro benzene ring substituents is 1. The Labute approximate surface area is 188 Å². The van der Waals surface area contributed by atoms with Crippen LogP contribution in [0.4, 0.5) is 11.4 Å². The van der Waals surface area contributed by atoms with E-state index in [9.17, 15) is 23.3 Å². The van der Waals surface area contributed by atoms with Gasteiger partial charge in [-0.3, -0.25) is 19.8 Å². The number of hydrogen-bond donors (Lipinski definition) is 1. The summed E-state index contributed by atoms with van der Waals surface area (Å²) >= 11 is 0. The lowest BCUT2D eigenvalue weighted by molar-refractivity contribution is -0.387. The lowest BCUT2D eigenvalue weighted by Gasteiger charge is -2.33. The molecule has 0 atom stereocenters. The summed E-state index contributed by atoms with van der Waals surface area (Å²) in [5.74, 6) is -0.177. The fraction of sp³-hybridized carbons (Fsp3) is 0.409. The van der Waals surface area contributed by atoms with E-state index in [-0.39, 0.29) is 35.9 Å². The van der Waals surface area contributed by atoms with Gasteiger partial charge in [0.25, 0.3) is 5.69 Å². The minimum Gasteiger partial charge on any atom is -0.325 e. The number of anilines is 1. The van der Waals surface area contributed by atoms with E-state index in [1.165, 1.54) is 34.1 Å². The van der Waals surface area contributed by atoms with Gasteiger partial charge in [-0.2, -0.15) is 4.31 Å². The van der Waals surface area contributed by atoms with E-state index < -0.39 is 20.6 Å². The lowest BCUT2D eigenvalue weighted by atomic mass is 9.87. The van der Waals surface area contributed by atoms with Crippen LogP contribution in [0.15, 0.2) is 53.4 Å². The van der Waals surface area contributed by atoms with Crippen molar-refractivity contribution in [3.8, 4) is 0 Å². The molecule has 0 bridgehead atoms. The number of nitrogens with one attached hydrogen (secondary N) is 1. The first-order valence-electron chi connectivity index (χ1n) is 10.3. The van der Waals surface area contributed by atoms with Gasteiger partial charge >= 0.3 is 0 Å². The maximum absolute atomic E-state index is 12.9. The second-order valence-electron chi connectivity index (χ2n) is 8.78. The number of carbonyl (C=O) groups is 1. The molecule has 0 aliphatic carbocycles. The van der Waals surface area contributed by atoms with Crippen LogP contribution < -0.4 is 5.32 Å². The van der Waals surface area contributed by atoms with E-state index in [4.69, 9.17) is 0 Å². The van der Waals surface area contributed by atoms with Crippen LogP contribution in [0, 0.1) is 10.1 Å². The van der Waals surface area contributed by atoms with Crippen molar-refractivity contribution in [2.45, 2.75) is 31.1 Å². The molecular weight excluding hydrogens is 432 g/mol. The van der Waals surface area contributed by atoms with Crippen LogP contribution >= 0.6 is 0 Å². The predicted octanol–water partition coefficient (Wildman–Crippen LogP) is 2.84. The number of nitrogens with zero attached hydrogens (tertiary/aromatic N) is 3. The van der Waals surface area contributed by atoms with Crippen molar-refractivity contribution in [2.75, 3.05) is 38.0 Å². The molecule has 1 heterocycles. The summed E-state index contributed by atoms with van der Waals surface area (Å²) < 4.78 is 27.0. The second-order valence-corrected chi connectivity index (χ2v) is 10.7. The molecule has 1 N–H and O–H groups in total. The van der Waals surface area contributed by atoms with Crippen molar-refractivity contribution in [1.29, 1.82) is 0 Å². The van der Waals surface area contributed by atoms with E-state index >= 15 is 0 Å². The van der Waals surface area contributed by atoms with Gasteiger partial charge in [-0.25, -0.2) is 8.42 Å². The minimum absolute atomic E-state index is 0.0305. The van der Waals surface area contributed by atoms with E-state index in [1.807, 2.05) is 29.2 Å². The van der Waals surface area contributed by atoms with Gasteiger partial charge < -0.3 is 5.32 Å². The smallest absolute Gasteiger partial charge is 0.289 e. The number of amides is 1. The maximum atomic E-state index is 12.9. The molecule has 3 rings (SSSR count). The molecule has 0 saturated carbocycles. The summed E-state index contributed by atoms with van der Waals surface area (Å²) in [6.07, 6.45) is 0. The highest BCUT2D eigenvalue weighted by atomic mass is 32.2. The van der Waals surface area contributed by atoms with Crippen LogP contribution in [-0.2, 0) is 20.2 Å². The van der Waals surface area contributed by atoms with Crippen LogP contribution in [0.1, 0.15) is 26.3 Å². The Hall–Kier alpha value is -2.82. The van der Waals surface area contributed by atoms with Gasteiger partial charge in [0.2, 0.25) is 15.9 Å². The first kappa shape index (κ1) is 23.8. The molecule has 0 unspecified atom stereocenters. The van der Waals surface area contributed by atoms with Crippen molar-refractivity contribution in [2.24, 2.45) is 0 Å². The number of carbonyl (C=O) groups excluding carboxylic acids is 1. The normalized spacial score (nSPS) is 16.0. The summed E-state index contributed by atoms with van der Waals surface area (Å²) in [6.45, 7) is 7.53. The topological polar surface area (TPSA) is 113 Å². The number of piperazine rings is 1. The fourth-order valence-electron chi connectivity index (χ4n) is 3.55. The van der Waals surface area contributed by atoms with Crippen molar-refractivity contribution in [3.63, 3.8) is 0 Å². The number of sulfonamides is 1. The Morgan fingerprint density at radius 3 is 2.19 bits per heavy atom. The summed E-state index contributed by atoms with van der Waals surface area (Å²) in [5.41, 5.74) is 1.47. The molecule has 1 aliphatic heterocycles. The first-order valence-corrected chi connectivity index (χ1v) is 11.8. The summed E-state index contributed by atoms with van der Waals surface area (Å²) in [5, 5.41) is 14.1. The third kappa shape index (κ3) is 5.50. The first-order chi connectivity index (χ1) is 15.0. The lowest BCUT2D eigenvalue weighted by Crippen LogP contribution is -2.50. The van der Waals surface area contributed by atoms with E-state index in [0.717, 1.165) is 0 Å². The Kier molecular flexibility index (Phi) is 6.97. The third-order valence-corrected chi connectivity index (χ3v) is 7.36. The molecule has 32 heavy (non-hydrogen) atoms. The summed E-state index contributed by atoms with van der Waals surface area (Å²) in [6, 6.07) is 13.0. The standard InChI is InChI=1S/C22H28N4O5S/c1-22(2,3)17-8-10-18(11-9-17)23-21(27)16-24-12-14-25(15-13-24)32(30,31)20-7-5-4-6-19(20)26(28)29/h4-11H,12-16H2,1-3H3,(H,23,27). The zero-order valence-electron chi connectivity index (χ0n) is 18.4. The summed E-state index contributed by atoms with van der Waals surface area (Å²) in [4.78, 5) is 24.5. The van der Waals surface area contributed by atoms with Gasteiger partial charge in [-0.05, 0) is 29.2 Å². The Morgan fingerprint density at radius 2 is 1.62 bits per heavy atom. The molecule has 172 valence electrons. The van der Waals surface area contributed by atoms with Gasteiger partial charge in [0.15, 0.2) is 4.90 Å². The number of hydrogen-bond acceptors (Lipinski definition) is 6. The molecule has 10 heteroatoms. The largest absolute Gasteiger partial charge is 0.325 e. The maximum Gasteiger partial charge on any atom is 0.289 e. The van der Waals surface area contributed by atoms with Crippen molar-refractivity contribution in [1.82, 2.24) is 9.21 Å². The molecule has 9 nitrogen and oxygen atoms in total. The Bertz CT molecular complexity index is 1090. The van der Waals surface area contributed by atoms with Gasteiger partial charge in [0.1, 0.15) is 0 Å². The quantitative estimate of drug-likeness (QED) is 0.524. The van der Waals surface area contributed by atoms with Crippen LogP contribution in [0.5, 0.6) is 0 Å². The van der Waals surface area contributed by atoms with Crippen LogP contribution in [0.25, 0.3) is 0 Å². The monoisotopic (exact) mass is 460 g/mol. The van der Waals surface area contributed by atoms with Crippen LogP contribution in [0.3, 0.4) is 0 Å². The zero-order chi connectivity index (χ0) is 23.5. The highest BCUT2D eigenvalue weighted by Gasteiger charge is 2.33. The van der Waals surface area contributed by atoms with Crippen LogP contribution in [-0.4, -0.2) is 61.2 Å². The zero-order valence-corrected chi connectivity index (χ0v) is 19.3. The average molecular weight is 461 g/mol. The molecule has 0 spiro atoms. The van der Waals surface area contributed by atoms with Gasteiger partial charge in [0, 0.05) is 37.9 Å². The van der Waals surface area contributed by atoms with Crippen molar-refractivity contribution >= 4 is 27.3 Å². The summed E-state index contributed by atoms with van der Waals surface area (Å²) in [7, 11) is -3.99. The molecule has 0 aromatic heterocycles. The fourth-order valence-corrected chi connectivity index (χ4v) is 5.13. The minimum atomic E-state index is -3.99. The average Bonchev–Trinajstić information content (AvgIpc) is 2.73. The highest BCUT2D eigenvalue weighted by Crippen LogP contribution is 2.27. The molecule has 1 fully saturated rings. The second kappa shape index (κ2) is 9.35. The number of rotatable bonds is 6. The SMILES string of the molecule is CC(C)(C)c1ccc(NC(=O)CN2CCN(S(=O)(=O)c3ccccc3[N+](=O)[O-])CC2)cc1. The number of para-hydroxylation sites is 1.